The maximum Gasteiger partial charge on any atom is 0.0662 e. The Balaban J connectivity index is 2.39. The molecule has 1 heterocycles. The first kappa shape index (κ1) is 14.2. The van der Waals surface area contributed by atoms with Crippen LogP contribution in [0.15, 0.2) is 6.20 Å². The van der Waals surface area contributed by atoms with E-state index in [1.165, 1.54) is 5.56 Å². The molecule has 0 bridgehead atoms. The molecule has 1 aromatic heterocycles. The lowest BCUT2D eigenvalue weighted by Gasteiger charge is -2.05. The molecule has 1 aromatic rings. The van der Waals surface area contributed by atoms with Crippen molar-refractivity contribution in [3.63, 3.8) is 0 Å². The molecule has 4 heteroatoms. The van der Waals surface area contributed by atoms with Gasteiger partial charge in [-0.05, 0) is 26.3 Å². The number of ether oxygens (including phenoxy) is 1. The maximum absolute atomic E-state index is 5.32. The summed E-state index contributed by atoms with van der Waals surface area (Å²) in [6, 6.07) is 0. The van der Waals surface area contributed by atoms with Crippen molar-refractivity contribution < 1.29 is 4.74 Å². The highest BCUT2D eigenvalue weighted by molar-refractivity contribution is 5.14. The molecule has 1 rings (SSSR count). The predicted molar refractivity (Wildman–Crippen MR) is 70.0 cm³/mol. The zero-order valence-electron chi connectivity index (χ0n) is 11.5. The average Bonchev–Trinajstić information content (AvgIpc) is 2.60. The molecular formula is C13H25N3O. The van der Waals surface area contributed by atoms with Crippen molar-refractivity contribution in [2.75, 3.05) is 19.8 Å². The first-order chi connectivity index (χ1) is 8.13. The summed E-state index contributed by atoms with van der Waals surface area (Å²) in [6.07, 6.45) is 2.11. The number of hydrogen-bond donors (Lipinski definition) is 1. The minimum absolute atomic E-state index is 0.684. The first-order valence-corrected chi connectivity index (χ1v) is 6.44. The largest absolute Gasteiger partial charge is 0.380 e. The Labute approximate surface area is 104 Å². The summed E-state index contributed by atoms with van der Waals surface area (Å²) in [5.41, 5.74) is 2.39. The third-order valence-electron chi connectivity index (χ3n) is 2.58. The van der Waals surface area contributed by atoms with Gasteiger partial charge < -0.3 is 10.1 Å². The highest BCUT2D eigenvalue weighted by Gasteiger charge is 2.04. The third kappa shape index (κ3) is 5.33. The molecular weight excluding hydrogens is 214 g/mol. The van der Waals surface area contributed by atoms with Gasteiger partial charge >= 0.3 is 0 Å². The van der Waals surface area contributed by atoms with Crippen molar-refractivity contribution in [3.8, 4) is 0 Å². The Morgan fingerprint density at radius 2 is 2.24 bits per heavy atom. The second kappa shape index (κ2) is 7.45. The van der Waals surface area contributed by atoms with Gasteiger partial charge in [0.1, 0.15) is 0 Å². The standard InChI is InChI=1S/C13H25N3O/c1-5-17-7-6-16-10-13(12(4)15-16)9-14-8-11(2)3/h10-11,14H,5-9H2,1-4H3. The number of nitrogens with one attached hydrogen (secondary N) is 1. The molecule has 0 aliphatic rings. The van der Waals surface area contributed by atoms with Crippen LogP contribution in [0.5, 0.6) is 0 Å². The highest BCUT2D eigenvalue weighted by Crippen LogP contribution is 2.05. The minimum Gasteiger partial charge on any atom is -0.380 e. The van der Waals surface area contributed by atoms with E-state index in [2.05, 4.69) is 37.4 Å². The van der Waals surface area contributed by atoms with Crippen LogP contribution in [0.3, 0.4) is 0 Å². The topological polar surface area (TPSA) is 39.1 Å². The molecule has 0 saturated carbocycles. The fourth-order valence-electron chi connectivity index (χ4n) is 1.65. The molecule has 0 aliphatic carbocycles. The van der Waals surface area contributed by atoms with Crippen LogP contribution < -0.4 is 5.32 Å². The van der Waals surface area contributed by atoms with Crippen LogP contribution >= 0.6 is 0 Å². The molecule has 0 fully saturated rings. The first-order valence-electron chi connectivity index (χ1n) is 6.44. The third-order valence-corrected chi connectivity index (χ3v) is 2.58. The zero-order chi connectivity index (χ0) is 12.7. The van der Waals surface area contributed by atoms with Crippen molar-refractivity contribution >= 4 is 0 Å². The smallest absolute Gasteiger partial charge is 0.0662 e. The Bertz CT molecular complexity index is 320. The number of aryl methyl sites for hydroxylation is 1. The molecule has 0 amide bonds. The fraction of sp³-hybridized carbons (Fsp3) is 0.769. The van der Waals surface area contributed by atoms with E-state index in [-0.39, 0.29) is 0 Å². The van der Waals surface area contributed by atoms with Gasteiger partial charge in [-0.2, -0.15) is 5.10 Å². The van der Waals surface area contributed by atoms with Crippen LogP contribution in [0.1, 0.15) is 32.0 Å². The summed E-state index contributed by atoms with van der Waals surface area (Å²) in [5, 5.41) is 7.91. The van der Waals surface area contributed by atoms with Crippen LogP contribution in [0.4, 0.5) is 0 Å². The Morgan fingerprint density at radius 3 is 2.88 bits per heavy atom. The van der Waals surface area contributed by atoms with Crippen LogP contribution in [0.2, 0.25) is 0 Å². The van der Waals surface area contributed by atoms with Gasteiger partial charge in [-0.15, -0.1) is 0 Å². The summed E-state index contributed by atoms with van der Waals surface area (Å²) in [6.45, 7) is 12.8. The van der Waals surface area contributed by atoms with Crippen molar-refractivity contribution in [1.29, 1.82) is 0 Å². The van der Waals surface area contributed by atoms with Crippen molar-refractivity contribution in [1.82, 2.24) is 15.1 Å². The average molecular weight is 239 g/mol. The van der Waals surface area contributed by atoms with Crippen LogP contribution in [-0.4, -0.2) is 29.5 Å². The quantitative estimate of drug-likeness (QED) is 0.705. The summed E-state index contributed by atoms with van der Waals surface area (Å²) in [4.78, 5) is 0. The lowest BCUT2D eigenvalue weighted by Crippen LogP contribution is -2.19. The minimum atomic E-state index is 0.684. The van der Waals surface area contributed by atoms with E-state index in [1.54, 1.807) is 0 Å². The Hall–Kier alpha value is -0.870. The number of hydrogen-bond acceptors (Lipinski definition) is 3. The summed E-state index contributed by atoms with van der Waals surface area (Å²) >= 11 is 0. The monoisotopic (exact) mass is 239 g/mol. The molecule has 0 saturated heterocycles. The van der Waals surface area contributed by atoms with Gasteiger partial charge in [0, 0.05) is 24.9 Å². The number of rotatable bonds is 8. The molecule has 17 heavy (non-hydrogen) atoms. The van der Waals surface area contributed by atoms with Crippen LogP contribution in [0, 0.1) is 12.8 Å². The summed E-state index contributed by atoms with van der Waals surface area (Å²) in [7, 11) is 0. The Morgan fingerprint density at radius 1 is 1.47 bits per heavy atom. The zero-order valence-corrected chi connectivity index (χ0v) is 11.5. The fourth-order valence-corrected chi connectivity index (χ4v) is 1.65. The molecule has 0 aliphatic heterocycles. The summed E-state index contributed by atoms with van der Waals surface area (Å²) < 4.78 is 7.29. The van der Waals surface area contributed by atoms with Gasteiger partial charge in [-0.1, -0.05) is 13.8 Å². The summed E-state index contributed by atoms with van der Waals surface area (Å²) in [5.74, 6) is 0.684. The SMILES string of the molecule is CCOCCn1cc(CNCC(C)C)c(C)n1. The van der Waals surface area contributed by atoms with Gasteiger partial charge in [0.05, 0.1) is 18.8 Å². The normalized spacial score (nSPS) is 11.4. The molecule has 1 N–H and O–H groups in total. The number of nitrogens with zero attached hydrogens (tertiary/aromatic N) is 2. The second-order valence-corrected chi connectivity index (χ2v) is 4.72. The van der Waals surface area contributed by atoms with Crippen LogP contribution in [-0.2, 0) is 17.8 Å². The van der Waals surface area contributed by atoms with E-state index < -0.39 is 0 Å². The number of aromatic nitrogens is 2. The molecule has 0 aromatic carbocycles. The van der Waals surface area contributed by atoms with E-state index in [0.29, 0.717) is 5.92 Å². The molecule has 4 nitrogen and oxygen atoms in total. The van der Waals surface area contributed by atoms with E-state index in [9.17, 15) is 0 Å². The molecule has 98 valence electrons. The van der Waals surface area contributed by atoms with Gasteiger partial charge in [0.25, 0.3) is 0 Å². The van der Waals surface area contributed by atoms with E-state index >= 15 is 0 Å². The van der Waals surface area contributed by atoms with Crippen molar-refractivity contribution in [2.45, 2.75) is 40.8 Å². The van der Waals surface area contributed by atoms with E-state index in [0.717, 1.165) is 38.5 Å². The van der Waals surface area contributed by atoms with Gasteiger partial charge in [-0.25, -0.2) is 0 Å². The van der Waals surface area contributed by atoms with Crippen molar-refractivity contribution in [2.24, 2.45) is 5.92 Å². The van der Waals surface area contributed by atoms with Crippen LogP contribution in [0.25, 0.3) is 0 Å². The van der Waals surface area contributed by atoms with Gasteiger partial charge in [-0.3, -0.25) is 4.68 Å². The predicted octanol–water partition coefficient (Wildman–Crippen LogP) is 1.97. The molecule has 0 unspecified atom stereocenters. The lowest BCUT2D eigenvalue weighted by molar-refractivity contribution is 0.136. The van der Waals surface area contributed by atoms with E-state index in [4.69, 9.17) is 4.74 Å². The highest BCUT2D eigenvalue weighted by atomic mass is 16.5. The maximum atomic E-state index is 5.32. The molecule has 0 spiro atoms. The Kier molecular flexibility index (Phi) is 6.22. The van der Waals surface area contributed by atoms with E-state index in [1.807, 2.05) is 11.6 Å². The lowest BCUT2D eigenvalue weighted by atomic mass is 10.2. The van der Waals surface area contributed by atoms with Crippen molar-refractivity contribution in [3.05, 3.63) is 17.5 Å². The molecule has 0 atom stereocenters. The molecule has 0 radical (unpaired) electrons. The van der Waals surface area contributed by atoms with Gasteiger partial charge in [0.2, 0.25) is 0 Å². The van der Waals surface area contributed by atoms with Gasteiger partial charge in [0.15, 0.2) is 0 Å². The second-order valence-electron chi connectivity index (χ2n) is 4.72.